The number of hydrogen-bond donors (Lipinski definition) is 4. The Morgan fingerprint density at radius 3 is 1.61 bits per heavy atom. The average Bonchev–Trinajstić information content (AvgIpc) is 2.93. The third-order valence-electron chi connectivity index (χ3n) is 6.65. The number of phosphoric acid groups is 1. The zero-order valence-electron chi connectivity index (χ0n) is 25.4. The largest absolute Gasteiger partial charge is 0.480 e. The second kappa shape index (κ2) is 26.1. The number of esters is 1. The lowest BCUT2D eigenvalue weighted by atomic mass is 10.1. The Bertz CT molecular complexity index is 736. The van der Waals surface area contributed by atoms with E-state index in [0.717, 1.165) is 44.9 Å². The minimum Gasteiger partial charge on any atom is -0.480 e. The van der Waals surface area contributed by atoms with E-state index in [1.165, 1.54) is 51.4 Å². The van der Waals surface area contributed by atoms with Crippen LogP contribution >= 0.6 is 7.82 Å². The molecule has 0 bridgehead atoms. The van der Waals surface area contributed by atoms with Gasteiger partial charge in [0.05, 0.1) is 13.2 Å². The minimum atomic E-state index is -4.73. The number of amides is 1. The van der Waals surface area contributed by atoms with E-state index in [2.05, 4.69) is 23.7 Å². The number of aliphatic carboxylic acids is 1. The lowest BCUT2D eigenvalue weighted by molar-refractivity contribution is -0.147. The highest BCUT2D eigenvalue weighted by atomic mass is 31.2. The summed E-state index contributed by atoms with van der Waals surface area (Å²) in [4.78, 5) is 45.2. The van der Waals surface area contributed by atoms with Crippen molar-refractivity contribution in [2.45, 2.75) is 148 Å². The molecule has 0 aliphatic heterocycles. The summed E-state index contributed by atoms with van der Waals surface area (Å²) in [6, 6.07) is -1.54. The van der Waals surface area contributed by atoms with Crippen LogP contribution in [0.1, 0.15) is 136 Å². The molecule has 1 amide bonds. The zero-order valence-corrected chi connectivity index (χ0v) is 26.3. The van der Waals surface area contributed by atoms with E-state index >= 15 is 0 Å². The van der Waals surface area contributed by atoms with Crippen LogP contribution in [0.4, 0.5) is 0 Å². The first kappa shape index (κ1) is 39.5. The molecule has 0 aliphatic rings. The van der Waals surface area contributed by atoms with Crippen LogP contribution < -0.4 is 5.32 Å². The Kier molecular flexibility index (Phi) is 25.2. The van der Waals surface area contributed by atoms with Crippen LogP contribution in [0.5, 0.6) is 0 Å². The molecule has 0 aliphatic carbocycles. The summed E-state index contributed by atoms with van der Waals surface area (Å²) in [5, 5.41) is 21.5. The number of unbranched alkanes of at least 4 members (excludes halogenated alkanes) is 15. The van der Waals surface area contributed by atoms with Gasteiger partial charge in [-0.25, -0.2) is 9.36 Å². The maximum Gasteiger partial charge on any atom is 0.472 e. The van der Waals surface area contributed by atoms with E-state index in [0.29, 0.717) is 12.8 Å². The van der Waals surface area contributed by atoms with Gasteiger partial charge < -0.3 is 25.2 Å². The van der Waals surface area contributed by atoms with Crippen molar-refractivity contribution in [3.63, 3.8) is 0 Å². The topological polar surface area (TPSA) is 169 Å². The summed E-state index contributed by atoms with van der Waals surface area (Å²) in [6.45, 7) is 2.45. The quantitative estimate of drug-likeness (QED) is 0.0445. The summed E-state index contributed by atoms with van der Waals surface area (Å²) >= 11 is 0. The number of nitrogens with one attached hydrogen (secondary N) is 1. The molecular formula is C29H56NO10P. The van der Waals surface area contributed by atoms with E-state index in [4.69, 9.17) is 9.26 Å². The molecule has 11 nitrogen and oxygen atoms in total. The first-order chi connectivity index (χ1) is 19.6. The van der Waals surface area contributed by atoms with E-state index in [1.54, 1.807) is 0 Å². The Morgan fingerprint density at radius 1 is 0.683 bits per heavy atom. The van der Waals surface area contributed by atoms with Gasteiger partial charge in [-0.2, -0.15) is 0 Å². The lowest BCUT2D eigenvalue weighted by Gasteiger charge is -2.18. The Hall–Kier alpha value is -1.52. The molecule has 0 spiro atoms. The number of aliphatic hydroxyl groups excluding tert-OH is 1. The average molecular weight is 610 g/mol. The third-order valence-corrected chi connectivity index (χ3v) is 7.60. The number of ether oxygens (including phenoxy) is 1. The predicted octanol–water partition coefficient (Wildman–Crippen LogP) is 6.05. The van der Waals surface area contributed by atoms with Crippen molar-refractivity contribution in [2.24, 2.45) is 0 Å². The summed E-state index contributed by atoms with van der Waals surface area (Å²) < 4.78 is 26.4. The number of carboxylic acids is 1. The van der Waals surface area contributed by atoms with E-state index < -0.39 is 57.6 Å². The first-order valence-electron chi connectivity index (χ1n) is 15.6. The van der Waals surface area contributed by atoms with Gasteiger partial charge in [-0.15, -0.1) is 0 Å². The standard InChI is InChI=1S/C29H56NO10P/c1-3-5-7-9-11-12-13-14-15-16-18-20-27(32)30-26(29(34)35)24-40-41(36,37)39-23-25(31)22-38-28(33)21-19-17-10-8-6-4-2/h25-26,31H,3-24H2,1-2H3,(H,30,32)(H,34,35)(H,36,37). The summed E-state index contributed by atoms with van der Waals surface area (Å²) in [5.74, 6) is -2.38. The van der Waals surface area contributed by atoms with E-state index in [-0.39, 0.29) is 12.8 Å². The molecule has 0 aromatic heterocycles. The number of carbonyl (C=O) groups is 3. The third kappa shape index (κ3) is 25.9. The van der Waals surface area contributed by atoms with E-state index in [9.17, 15) is 34.1 Å². The number of carbonyl (C=O) groups excluding carboxylic acids is 2. The lowest BCUT2D eigenvalue weighted by Crippen LogP contribution is -2.43. The van der Waals surface area contributed by atoms with Gasteiger partial charge in [0.15, 0.2) is 6.04 Å². The van der Waals surface area contributed by atoms with Gasteiger partial charge in [0.1, 0.15) is 12.7 Å². The van der Waals surface area contributed by atoms with Gasteiger partial charge in [0, 0.05) is 12.8 Å². The molecule has 0 aromatic rings. The second-order valence-corrected chi connectivity index (χ2v) is 12.1. The number of phosphoric ester groups is 1. The molecule has 242 valence electrons. The van der Waals surface area contributed by atoms with Crippen molar-refractivity contribution in [3.8, 4) is 0 Å². The van der Waals surface area contributed by atoms with Crippen molar-refractivity contribution in [1.82, 2.24) is 5.32 Å². The molecule has 0 aromatic carbocycles. The van der Waals surface area contributed by atoms with Gasteiger partial charge in [-0.1, -0.05) is 110 Å². The molecule has 41 heavy (non-hydrogen) atoms. The van der Waals surface area contributed by atoms with Crippen molar-refractivity contribution in [2.75, 3.05) is 19.8 Å². The van der Waals surface area contributed by atoms with Crippen LogP contribution in [0, 0.1) is 0 Å². The molecule has 0 radical (unpaired) electrons. The van der Waals surface area contributed by atoms with Gasteiger partial charge in [-0.3, -0.25) is 18.6 Å². The van der Waals surface area contributed by atoms with Gasteiger partial charge >= 0.3 is 19.8 Å². The number of rotatable bonds is 29. The summed E-state index contributed by atoms with van der Waals surface area (Å²) in [7, 11) is -4.73. The summed E-state index contributed by atoms with van der Waals surface area (Å²) in [6.07, 6.45) is 17.5. The number of aliphatic hydroxyl groups is 1. The molecular weight excluding hydrogens is 553 g/mol. The zero-order chi connectivity index (χ0) is 30.8. The molecule has 4 N–H and O–H groups in total. The highest BCUT2D eigenvalue weighted by Crippen LogP contribution is 2.43. The van der Waals surface area contributed by atoms with Crippen molar-refractivity contribution < 1.29 is 47.8 Å². The molecule has 0 rings (SSSR count). The second-order valence-electron chi connectivity index (χ2n) is 10.7. The van der Waals surface area contributed by atoms with Crippen molar-refractivity contribution in [1.29, 1.82) is 0 Å². The number of hydrogen-bond acceptors (Lipinski definition) is 8. The molecule has 0 saturated heterocycles. The van der Waals surface area contributed by atoms with Crippen molar-refractivity contribution in [3.05, 3.63) is 0 Å². The fraction of sp³-hybridized carbons (Fsp3) is 0.897. The Labute approximate surface area is 246 Å². The predicted molar refractivity (Wildman–Crippen MR) is 157 cm³/mol. The van der Waals surface area contributed by atoms with Crippen LogP contribution in [0.3, 0.4) is 0 Å². The van der Waals surface area contributed by atoms with E-state index in [1.807, 2.05) is 0 Å². The highest BCUT2D eigenvalue weighted by molar-refractivity contribution is 7.47. The maximum atomic E-state index is 12.1. The van der Waals surface area contributed by atoms with Gasteiger partial charge in [0.25, 0.3) is 0 Å². The van der Waals surface area contributed by atoms with Crippen LogP contribution in [0.15, 0.2) is 0 Å². The Balaban J connectivity index is 4.07. The molecule has 0 saturated carbocycles. The molecule has 3 atom stereocenters. The fourth-order valence-electron chi connectivity index (χ4n) is 4.14. The normalized spacial score (nSPS) is 14.2. The molecule has 3 unspecified atom stereocenters. The van der Waals surface area contributed by atoms with Crippen LogP contribution in [-0.2, 0) is 32.7 Å². The monoisotopic (exact) mass is 609 g/mol. The smallest absolute Gasteiger partial charge is 0.472 e. The molecule has 12 heteroatoms. The minimum absolute atomic E-state index is 0.151. The van der Waals surface area contributed by atoms with Gasteiger partial charge in [-0.05, 0) is 12.8 Å². The maximum absolute atomic E-state index is 12.1. The number of carboxylic acid groups (broad SMARTS) is 1. The van der Waals surface area contributed by atoms with Crippen LogP contribution in [0.25, 0.3) is 0 Å². The van der Waals surface area contributed by atoms with Crippen molar-refractivity contribution >= 4 is 25.7 Å². The van der Waals surface area contributed by atoms with Crippen LogP contribution in [-0.4, -0.2) is 64.9 Å². The van der Waals surface area contributed by atoms with Crippen LogP contribution in [0.2, 0.25) is 0 Å². The summed E-state index contributed by atoms with van der Waals surface area (Å²) in [5.41, 5.74) is 0. The highest BCUT2D eigenvalue weighted by Gasteiger charge is 2.28. The first-order valence-corrected chi connectivity index (χ1v) is 17.1. The molecule has 0 fully saturated rings. The Morgan fingerprint density at radius 2 is 1.12 bits per heavy atom. The SMILES string of the molecule is CCCCCCCCCCCCCC(=O)NC(COP(=O)(O)OCC(O)COC(=O)CCCCCCCC)C(=O)O. The van der Waals surface area contributed by atoms with Gasteiger partial charge in [0.2, 0.25) is 5.91 Å². The fourth-order valence-corrected chi connectivity index (χ4v) is 4.91. The molecule has 0 heterocycles.